The van der Waals surface area contributed by atoms with E-state index in [1.807, 2.05) is 12.1 Å². The Morgan fingerprint density at radius 3 is 2.04 bits per heavy atom. The summed E-state index contributed by atoms with van der Waals surface area (Å²) in [6.45, 7) is 12.8. The van der Waals surface area contributed by atoms with E-state index in [1.165, 1.54) is 0 Å². The molecule has 1 aromatic rings. The fraction of sp³-hybridized carbons (Fsp3) is 0.632. The molecule has 1 aliphatic rings. The van der Waals surface area contributed by atoms with Crippen molar-refractivity contribution in [2.24, 2.45) is 0 Å². The Bertz CT molecular complexity index is 593. The number of aliphatic hydroxyl groups is 1. The van der Waals surface area contributed by atoms with Crippen molar-refractivity contribution in [2.45, 2.75) is 57.7 Å². The van der Waals surface area contributed by atoms with Crippen molar-refractivity contribution in [1.82, 2.24) is 4.90 Å². The van der Waals surface area contributed by atoms with Crippen LogP contribution in [0.15, 0.2) is 12.1 Å². The number of nitrogens with zero attached hydrogens (tertiary/aromatic N) is 1. The Labute approximate surface area is 149 Å². The SMILES string of the molecule is CC(C)(C)c1cc(C2SCC(=O)N2CCO)cc(C(C)(C)C)c1O. The molecule has 1 fully saturated rings. The van der Waals surface area contributed by atoms with E-state index in [0.717, 1.165) is 16.7 Å². The summed E-state index contributed by atoms with van der Waals surface area (Å²) in [6, 6.07) is 4.04. The van der Waals surface area contributed by atoms with Crippen LogP contribution in [0.2, 0.25) is 0 Å². The van der Waals surface area contributed by atoms with Crippen LogP contribution in [-0.2, 0) is 15.6 Å². The fourth-order valence-electron chi connectivity index (χ4n) is 3.02. The number of carbonyl (C=O) groups is 1. The lowest BCUT2D eigenvalue weighted by Gasteiger charge is -2.31. The number of rotatable bonds is 3. The van der Waals surface area contributed by atoms with Crippen LogP contribution in [0.25, 0.3) is 0 Å². The molecule has 1 unspecified atom stereocenters. The molecule has 2 rings (SSSR count). The summed E-state index contributed by atoms with van der Waals surface area (Å²) < 4.78 is 0. The number of hydrogen-bond donors (Lipinski definition) is 2. The van der Waals surface area contributed by atoms with Crippen LogP contribution >= 0.6 is 11.8 Å². The molecule has 1 atom stereocenters. The summed E-state index contributed by atoms with van der Waals surface area (Å²) in [6.07, 6.45) is 0. The average Bonchev–Trinajstić information content (AvgIpc) is 2.79. The number of aromatic hydroxyl groups is 1. The van der Waals surface area contributed by atoms with E-state index < -0.39 is 0 Å². The van der Waals surface area contributed by atoms with Gasteiger partial charge in [-0.1, -0.05) is 41.5 Å². The summed E-state index contributed by atoms with van der Waals surface area (Å²) in [5.41, 5.74) is 2.42. The van der Waals surface area contributed by atoms with Crippen molar-refractivity contribution in [3.05, 3.63) is 28.8 Å². The Morgan fingerprint density at radius 2 is 1.62 bits per heavy atom. The lowest BCUT2D eigenvalue weighted by molar-refractivity contribution is -0.128. The maximum Gasteiger partial charge on any atom is 0.233 e. The van der Waals surface area contributed by atoms with Crippen LogP contribution in [0.1, 0.15) is 63.6 Å². The second kappa shape index (κ2) is 6.60. The quantitative estimate of drug-likeness (QED) is 0.874. The van der Waals surface area contributed by atoms with E-state index >= 15 is 0 Å². The molecular weight excluding hydrogens is 322 g/mol. The highest BCUT2D eigenvalue weighted by Crippen LogP contribution is 2.45. The van der Waals surface area contributed by atoms with Gasteiger partial charge in [0, 0.05) is 6.54 Å². The number of phenols is 1. The van der Waals surface area contributed by atoms with Gasteiger partial charge in [0.15, 0.2) is 0 Å². The topological polar surface area (TPSA) is 60.8 Å². The van der Waals surface area contributed by atoms with Gasteiger partial charge in [0.1, 0.15) is 11.1 Å². The summed E-state index contributed by atoms with van der Waals surface area (Å²) in [5, 5.41) is 20.0. The van der Waals surface area contributed by atoms with Gasteiger partial charge >= 0.3 is 0 Å². The van der Waals surface area contributed by atoms with Gasteiger partial charge in [0.25, 0.3) is 0 Å². The Morgan fingerprint density at radius 1 is 1.12 bits per heavy atom. The van der Waals surface area contributed by atoms with Crippen LogP contribution in [0.3, 0.4) is 0 Å². The van der Waals surface area contributed by atoms with Gasteiger partial charge in [-0.2, -0.15) is 0 Å². The molecule has 1 aliphatic heterocycles. The molecule has 2 N–H and O–H groups in total. The molecule has 1 amide bonds. The Kier molecular flexibility index (Phi) is 5.26. The first-order valence-corrected chi connectivity index (χ1v) is 9.41. The molecule has 1 heterocycles. The monoisotopic (exact) mass is 351 g/mol. The number of hydrogen-bond acceptors (Lipinski definition) is 4. The van der Waals surface area contributed by atoms with Crippen molar-refractivity contribution in [3.63, 3.8) is 0 Å². The Balaban J connectivity index is 2.60. The molecule has 134 valence electrons. The predicted molar refractivity (Wildman–Crippen MR) is 99.5 cm³/mol. The predicted octanol–water partition coefficient (Wildman–Crippen LogP) is 3.55. The molecule has 5 heteroatoms. The smallest absolute Gasteiger partial charge is 0.233 e. The number of benzene rings is 1. The summed E-state index contributed by atoms with van der Waals surface area (Å²) in [7, 11) is 0. The maximum absolute atomic E-state index is 12.1. The van der Waals surface area contributed by atoms with E-state index in [0.29, 0.717) is 18.0 Å². The molecule has 0 bridgehead atoms. The Hall–Kier alpha value is -1.20. The lowest BCUT2D eigenvalue weighted by atomic mass is 9.78. The molecule has 0 saturated carbocycles. The molecule has 0 radical (unpaired) electrons. The van der Waals surface area contributed by atoms with E-state index in [-0.39, 0.29) is 28.7 Å². The van der Waals surface area contributed by atoms with E-state index in [9.17, 15) is 15.0 Å². The van der Waals surface area contributed by atoms with E-state index in [4.69, 9.17) is 0 Å². The highest BCUT2D eigenvalue weighted by atomic mass is 32.2. The van der Waals surface area contributed by atoms with Gasteiger partial charge < -0.3 is 15.1 Å². The third-order valence-electron chi connectivity index (χ3n) is 4.34. The first-order valence-electron chi connectivity index (χ1n) is 8.36. The van der Waals surface area contributed by atoms with Gasteiger partial charge in [-0.05, 0) is 39.7 Å². The van der Waals surface area contributed by atoms with Gasteiger partial charge in [-0.25, -0.2) is 0 Å². The van der Waals surface area contributed by atoms with Crippen LogP contribution in [0, 0.1) is 0 Å². The van der Waals surface area contributed by atoms with Crippen molar-refractivity contribution in [3.8, 4) is 5.75 Å². The molecule has 0 aliphatic carbocycles. The van der Waals surface area contributed by atoms with Gasteiger partial charge in [0.2, 0.25) is 5.91 Å². The van der Waals surface area contributed by atoms with E-state index in [2.05, 4.69) is 41.5 Å². The third-order valence-corrected chi connectivity index (χ3v) is 5.60. The third kappa shape index (κ3) is 3.72. The van der Waals surface area contributed by atoms with Crippen molar-refractivity contribution < 1.29 is 15.0 Å². The first kappa shape index (κ1) is 19.1. The standard InChI is InChI=1S/C19H29NO3S/c1-18(2,3)13-9-12(10-14(16(13)23)19(4,5)6)17-20(7-8-21)15(22)11-24-17/h9-10,17,21,23H,7-8,11H2,1-6H3. The normalized spacial score (nSPS) is 19.2. The lowest BCUT2D eigenvalue weighted by Crippen LogP contribution is -2.31. The number of aliphatic hydroxyl groups excluding tert-OH is 1. The number of thioether (sulfide) groups is 1. The van der Waals surface area contributed by atoms with Crippen LogP contribution in [-0.4, -0.2) is 39.9 Å². The van der Waals surface area contributed by atoms with Crippen LogP contribution in [0.4, 0.5) is 0 Å². The zero-order chi connectivity index (χ0) is 18.3. The summed E-state index contributed by atoms with van der Waals surface area (Å²) in [5.74, 6) is 0.838. The summed E-state index contributed by atoms with van der Waals surface area (Å²) in [4.78, 5) is 13.9. The highest BCUT2D eigenvalue weighted by Gasteiger charge is 2.35. The van der Waals surface area contributed by atoms with Gasteiger partial charge in [0.05, 0.1) is 12.4 Å². The van der Waals surface area contributed by atoms with Gasteiger partial charge in [-0.15, -0.1) is 11.8 Å². The number of phenolic OH excluding ortho intramolecular Hbond substituents is 1. The minimum absolute atomic E-state index is 0.0425. The zero-order valence-corrected chi connectivity index (χ0v) is 16.3. The van der Waals surface area contributed by atoms with Crippen LogP contribution < -0.4 is 0 Å². The second-order valence-corrected chi connectivity index (χ2v) is 9.51. The van der Waals surface area contributed by atoms with E-state index in [1.54, 1.807) is 16.7 Å². The van der Waals surface area contributed by atoms with Crippen molar-refractivity contribution in [2.75, 3.05) is 18.9 Å². The first-order chi connectivity index (χ1) is 11.0. The zero-order valence-electron chi connectivity index (χ0n) is 15.5. The number of carbonyl (C=O) groups excluding carboxylic acids is 1. The second-order valence-electron chi connectivity index (χ2n) is 8.44. The summed E-state index contributed by atoms with van der Waals surface area (Å²) >= 11 is 1.58. The molecule has 1 saturated heterocycles. The largest absolute Gasteiger partial charge is 0.507 e. The van der Waals surface area contributed by atoms with Crippen molar-refractivity contribution >= 4 is 17.7 Å². The van der Waals surface area contributed by atoms with Gasteiger partial charge in [-0.3, -0.25) is 4.79 Å². The average molecular weight is 352 g/mol. The molecular formula is C19H29NO3S. The number of amides is 1. The molecule has 1 aromatic carbocycles. The molecule has 24 heavy (non-hydrogen) atoms. The molecule has 0 spiro atoms. The fourth-order valence-corrected chi connectivity index (χ4v) is 4.22. The minimum Gasteiger partial charge on any atom is -0.507 e. The maximum atomic E-state index is 12.1. The molecule has 4 nitrogen and oxygen atoms in total. The molecule has 0 aromatic heterocycles. The highest BCUT2D eigenvalue weighted by molar-refractivity contribution is 8.00. The van der Waals surface area contributed by atoms with Crippen LogP contribution in [0.5, 0.6) is 5.75 Å². The number of β-amino-alcohol motifs (C(OH)–C–C–N with tert-alkyl or cyclic N) is 1. The van der Waals surface area contributed by atoms with Crippen molar-refractivity contribution in [1.29, 1.82) is 0 Å². The minimum atomic E-state index is -0.199.